The zero-order valence-corrected chi connectivity index (χ0v) is 17.9. The van der Waals surface area contributed by atoms with Gasteiger partial charge in [-0.05, 0) is 60.2 Å². The average molecular weight is 411 g/mol. The Balaban J connectivity index is 1.68. The van der Waals surface area contributed by atoms with E-state index in [1.807, 2.05) is 24.3 Å². The van der Waals surface area contributed by atoms with E-state index in [1.165, 1.54) is 5.56 Å². The number of anilines is 1. The number of hydrogen-bond donors (Lipinski definition) is 3. The van der Waals surface area contributed by atoms with Crippen molar-refractivity contribution in [3.8, 4) is 11.1 Å². The summed E-state index contributed by atoms with van der Waals surface area (Å²) >= 11 is 6.53. The molecule has 0 spiro atoms. The Bertz CT molecular complexity index is 1040. The van der Waals surface area contributed by atoms with E-state index < -0.39 is 0 Å². The Hall–Kier alpha value is -2.37. The van der Waals surface area contributed by atoms with Gasteiger partial charge in [-0.15, -0.1) is 0 Å². The van der Waals surface area contributed by atoms with Crippen molar-refractivity contribution in [1.29, 1.82) is 0 Å². The van der Waals surface area contributed by atoms with E-state index in [2.05, 4.69) is 53.7 Å². The van der Waals surface area contributed by atoms with E-state index in [0.717, 1.165) is 41.4 Å². The molecule has 3 aromatic rings. The number of amides is 1. The van der Waals surface area contributed by atoms with E-state index in [1.54, 1.807) is 0 Å². The van der Waals surface area contributed by atoms with Gasteiger partial charge in [0.25, 0.3) is 0 Å². The number of carbonyl (C=O) groups excluding carboxylic acids is 1. The van der Waals surface area contributed by atoms with Crippen molar-refractivity contribution in [2.75, 3.05) is 18.4 Å². The van der Waals surface area contributed by atoms with Crippen LogP contribution >= 0.6 is 11.6 Å². The highest BCUT2D eigenvalue weighted by Crippen LogP contribution is 2.35. The second-order valence-corrected chi connectivity index (χ2v) is 9.22. The number of rotatable bonds is 3. The summed E-state index contributed by atoms with van der Waals surface area (Å²) in [7, 11) is 0. The molecule has 1 fully saturated rings. The van der Waals surface area contributed by atoms with Gasteiger partial charge in [-0.2, -0.15) is 5.10 Å². The summed E-state index contributed by atoms with van der Waals surface area (Å²) in [6.07, 6.45) is 1.92. The van der Waals surface area contributed by atoms with Crippen molar-refractivity contribution >= 4 is 34.2 Å². The molecule has 0 unspecified atom stereocenters. The third kappa shape index (κ3) is 4.16. The van der Waals surface area contributed by atoms with Crippen molar-refractivity contribution in [2.45, 2.75) is 39.0 Å². The van der Waals surface area contributed by atoms with Gasteiger partial charge in [0.1, 0.15) is 0 Å². The lowest BCUT2D eigenvalue weighted by atomic mass is 9.85. The van der Waals surface area contributed by atoms with Gasteiger partial charge in [-0.3, -0.25) is 9.89 Å². The fourth-order valence-corrected chi connectivity index (χ4v) is 4.01. The maximum atomic E-state index is 12.6. The quantitative estimate of drug-likeness (QED) is 0.561. The lowest BCUT2D eigenvalue weighted by Gasteiger charge is -2.21. The molecule has 6 heteroatoms. The van der Waals surface area contributed by atoms with Gasteiger partial charge in [0.2, 0.25) is 5.91 Å². The fraction of sp³-hybridized carbons (Fsp3) is 0.391. The van der Waals surface area contributed by atoms with Crippen molar-refractivity contribution in [3.05, 3.63) is 47.0 Å². The van der Waals surface area contributed by atoms with Crippen LogP contribution in [0.1, 0.15) is 39.2 Å². The van der Waals surface area contributed by atoms with Gasteiger partial charge in [-0.1, -0.05) is 44.5 Å². The van der Waals surface area contributed by atoms with E-state index in [-0.39, 0.29) is 17.2 Å². The summed E-state index contributed by atoms with van der Waals surface area (Å²) < 4.78 is 0. The van der Waals surface area contributed by atoms with Crippen molar-refractivity contribution in [3.63, 3.8) is 0 Å². The van der Waals surface area contributed by atoms with E-state index in [9.17, 15) is 4.79 Å². The molecular formula is C23H27ClN4O. The van der Waals surface area contributed by atoms with Crippen molar-refractivity contribution in [2.24, 2.45) is 5.92 Å². The van der Waals surface area contributed by atoms with Crippen LogP contribution in [0.5, 0.6) is 0 Å². The lowest BCUT2D eigenvalue weighted by molar-refractivity contribution is -0.120. The molecule has 0 saturated carbocycles. The Morgan fingerprint density at radius 1 is 1.21 bits per heavy atom. The molecule has 5 nitrogen and oxygen atoms in total. The minimum Gasteiger partial charge on any atom is -0.316 e. The summed E-state index contributed by atoms with van der Waals surface area (Å²) in [4.78, 5) is 12.6. The van der Waals surface area contributed by atoms with Gasteiger partial charge < -0.3 is 10.6 Å². The van der Waals surface area contributed by atoms with Crippen LogP contribution in [0.4, 0.5) is 5.82 Å². The van der Waals surface area contributed by atoms with Gasteiger partial charge in [0.15, 0.2) is 5.82 Å². The van der Waals surface area contributed by atoms with Crippen molar-refractivity contribution in [1.82, 2.24) is 15.5 Å². The molecule has 1 atom stereocenters. The van der Waals surface area contributed by atoms with Gasteiger partial charge in [0, 0.05) is 22.5 Å². The molecule has 0 radical (unpaired) electrons. The second-order valence-electron chi connectivity index (χ2n) is 8.81. The number of nitrogens with zero attached hydrogens (tertiary/aromatic N) is 1. The molecule has 3 N–H and O–H groups in total. The number of hydrogen-bond acceptors (Lipinski definition) is 3. The van der Waals surface area contributed by atoms with Crippen LogP contribution in [0.15, 0.2) is 36.4 Å². The molecule has 4 rings (SSSR count). The summed E-state index contributed by atoms with van der Waals surface area (Å²) in [6.45, 7) is 8.26. The Kier molecular flexibility index (Phi) is 5.36. The smallest absolute Gasteiger partial charge is 0.229 e. The highest BCUT2D eigenvalue weighted by Gasteiger charge is 2.22. The SMILES string of the molecule is CC(C)(C)c1ccc(Cl)c(-c2ccc3[nH]nc(NC(=O)[C@@H]4CCCNC4)c3c2)c1. The molecule has 1 saturated heterocycles. The number of carbonyl (C=O) groups is 1. The molecule has 1 amide bonds. The minimum absolute atomic E-state index is 0.0170. The normalized spacial score (nSPS) is 17.4. The van der Waals surface area contributed by atoms with E-state index in [0.29, 0.717) is 17.4 Å². The van der Waals surface area contributed by atoms with Crippen LogP contribution in [0, 0.1) is 5.92 Å². The first-order chi connectivity index (χ1) is 13.8. The molecule has 2 aromatic carbocycles. The summed E-state index contributed by atoms with van der Waals surface area (Å²) in [5.74, 6) is 0.570. The van der Waals surface area contributed by atoms with Gasteiger partial charge >= 0.3 is 0 Å². The Morgan fingerprint density at radius 2 is 2.03 bits per heavy atom. The summed E-state index contributed by atoms with van der Waals surface area (Å²) in [5.41, 5.74) is 4.13. The first-order valence-electron chi connectivity index (χ1n) is 10.1. The maximum absolute atomic E-state index is 12.6. The third-order valence-corrected chi connectivity index (χ3v) is 5.95. The molecule has 1 aliphatic heterocycles. The summed E-state index contributed by atoms with van der Waals surface area (Å²) in [5, 5.41) is 15.2. The maximum Gasteiger partial charge on any atom is 0.229 e. The van der Waals surface area contributed by atoms with Crippen LogP contribution < -0.4 is 10.6 Å². The van der Waals surface area contributed by atoms with Crippen LogP contribution in [0.3, 0.4) is 0 Å². The molecule has 1 aromatic heterocycles. The number of fused-ring (bicyclic) bond motifs is 1. The predicted octanol–water partition coefficient (Wildman–Crippen LogP) is 5.12. The Labute approximate surface area is 176 Å². The monoisotopic (exact) mass is 410 g/mol. The van der Waals surface area contributed by atoms with Gasteiger partial charge in [0.05, 0.1) is 11.4 Å². The van der Waals surface area contributed by atoms with Crippen LogP contribution in [-0.2, 0) is 10.2 Å². The molecule has 1 aliphatic rings. The number of halogens is 1. The minimum atomic E-state index is -0.0170. The molecule has 29 heavy (non-hydrogen) atoms. The van der Waals surface area contributed by atoms with E-state index in [4.69, 9.17) is 11.6 Å². The predicted molar refractivity (Wildman–Crippen MR) is 119 cm³/mol. The fourth-order valence-electron chi connectivity index (χ4n) is 3.78. The summed E-state index contributed by atoms with van der Waals surface area (Å²) in [6, 6.07) is 12.2. The van der Waals surface area contributed by atoms with Crippen LogP contribution in [0.25, 0.3) is 22.0 Å². The molecular weight excluding hydrogens is 384 g/mol. The first-order valence-corrected chi connectivity index (χ1v) is 10.5. The standard InChI is InChI=1S/C23H27ClN4O/c1-23(2,3)16-7-8-19(24)17(12-16)14-6-9-20-18(11-14)21(28-27-20)26-22(29)15-5-4-10-25-13-15/h6-9,11-12,15,25H,4-5,10,13H2,1-3H3,(H2,26,27,28,29)/t15-/m1/s1. The number of piperidine rings is 1. The number of H-pyrrole nitrogens is 1. The Morgan fingerprint density at radius 3 is 2.76 bits per heavy atom. The number of aromatic nitrogens is 2. The largest absolute Gasteiger partial charge is 0.316 e. The lowest BCUT2D eigenvalue weighted by Crippen LogP contribution is -2.37. The van der Waals surface area contributed by atoms with E-state index >= 15 is 0 Å². The van der Waals surface area contributed by atoms with Crippen LogP contribution in [-0.4, -0.2) is 29.2 Å². The highest BCUT2D eigenvalue weighted by atomic mass is 35.5. The second kappa shape index (κ2) is 7.81. The number of nitrogens with one attached hydrogen (secondary N) is 3. The molecule has 2 heterocycles. The zero-order valence-electron chi connectivity index (χ0n) is 17.1. The number of aromatic amines is 1. The van der Waals surface area contributed by atoms with Crippen molar-refractivity contribution < 1.29 is 4.79 Å². The van der Waals surface area contributed by atoms with Gasteiger partial charge in [-0.25, -0.2) is 0 Å². The number of benzene rings is 2. The third-order valence-electron chi connectivity index (χ3n) is 5.62. The molecule has 152 valence electrons. The average Bonchev–Trinajstić information content (AvgIpc) is 3.10. The first kappa shape index (κ1) is 19.9. The van der Waals surface area contributed by atoms with Crippen LogP contribution in [0.2, 0.25) is 5.02 Å². The zero-order chi connectivity index (χ0) is 20.6. The topological polar surface area (TPSA) is 69.8 Å². The highest BCUT2D eigenvalue weighted by molar-refractivity contribution is 6.33. The molecule has 0 bridgehead atoms. The molecule has 0 aliphatic carbocycles.